The molecule has 31 heavy (non-hydrogen) atoms. The molecule has 3 aromatic rings. The number of likely N-dealkylation sites (tertiary alicyclic amines) is 1. The molecule has 4 heterocycles. The Bertz CT molecular complexity index is 1180. The second-order valence-electron chi connectivity index (χ2n) is 8.20. The van der Waals surface area contributed by atoms with Gasteiger partial charge < -0.3 is 15.4 Å². The SMILES string of the molecule is Cn1nc(C(F)(F)F)c2cc(C(=O)N3CCC4(CC3)COc3ccc(CN)cc34)sc21. The largest absolute Gasteiger partial charge is 0.492 e. The van der Waals surface area contributed by atoms with Gasteiger partial charge in [-0.1, -0.05) is 12.1 Å². The zero-order valence-corrected chi connectivity index (χ0v) is 17.6. The summed E-state index contributed by atoms with van der Waals surface area (Å²) < 4.78 is 46.9. The van der Waals surface area contributed by atoms with Gasteiger partial charge in [0.15, 0.2) is 5.69 Å². The van der Waals surface area contributed by atoms with Crippen molar-refractivity contribution in [3.63, 3.8) is 0 Å². The second-order valence-corrected chi connectivity index (χ2v) is 9.23. The number of carbonyl (C=O) groups is 1. The number of aromatic nitrogens is 2. The first-order chi connectivity index (χ1) is 14.7. The zero-order chi connectivity index (χ0) is 22.0. The molecule has 2 N–H and O–H groups in total. The van der Waals surface area contributed by atoms with Crippen LogP contribution in [0.25, 0.3) is 10.2 Å². The molecule has 0 aliphatic carbocycles. The third kappa shape index (κ3) is 3.20. The van der Waals surface area contributed by atoms with Gasteiger partial charge in [-0.3, -0.25) is 9.48 Å². The molecule has 5 rings (SSSR count). The molecule has 1 fully saturated rings. The number of rotatable bonds is 2. The van der Waals surface area contributed by atoms with E-state index in [4.69, 9.17) is 10.5 Å². The Labute approximate surface area is 180 Å². The minimum Gasteiger partial charge on any atom is -0.492 e. The van der Waals surface area contributed by atoms with Crippen molar-refractivity contribution in [2.24, 2.45) is 12.8 Å². The number of ether oxygens (including phenoxy) is 1. The Hall–Kier alpha value is -2.59. The fraction of sp³-hybridized carbons (Fsp3) is 0.429. The van der Waals surface area contributed by atoms with E-state index in [1.165, 1.54) is 17.8 Å². The molecular formula is C21H21F3N4O2S. The van der Waals surface area contributed by atoms with E-state index in [0.29, 0.717) is 35.9 Å². The maximum atomic E-state index is 13.3. The van der Waals surface area contributed by atoms with Gasteiger partial charge in [0.1, 0.15) is 10.6 Å². The monoisotopic (exact) mass is 450 g/mol. The van der Waals surface area contributed by atoms with Crippen LogP contribution in [0.15, 0.2) is 24.3 Å². The van der Waals surface area contributed by atoms with Crippen molar-refractivity contribution in [3.05, 3.63) is 46.0 Å². The van der Waals surface area contributed by atoms with Gasteiger partial charge >= 0.3 is 6.18 Å². The van der Waals surface area contributed by atoms with Crippen LogP contribution in [0, 0.1) is 0 Å². The maximum Gasteiger partial charge on any atom is 0.435 e. The highest BCUT2D eigenvalue weighted by Gasteiger charge is 2.44. The van der Waals surface area contributed by atoms with Crippen LogP contribution in [0.3, 0.4) is 0 Å². The van der Waals surface area contributed by atoms with Crippen molar-refractivity contribution >= 4 is 27.5 Å². The van der Waals surface area contributed by atoms with Crippen LogP contribution >= 0.6 is 11.3 Å². The van der Waals surface area contributed by atoms with E-state index in [9.17, 15) is 18.0 Å². The van der Waals surface area contributed by atoms with Gasteiger partial charge in [0, 0.05) is 43.0 Å². The van der Waals surface area contributed by atoms with Gasteiger partial charge in [0.25, 0.3) is 5.91 Å². The molecule has 10 heteroatoms. The molecule has 164 valence electrons. The van der Waals surface area contributed by atoms with Crippen LogP contribution in [-0.2, 0) is 25.2 Å². The van der Waals surface area contributed by atoms with Crippen molar-refractivity contribution in [3.8, 4) is 5.75 Å². The topological polar surface area (TPSA) is 73.4 Å². The number of aryl methyl sites for hydroxylation is 1. The van der Waals surface area contributed by atoms with Crippen molar-refractivity contribution in [1.82, 2.24) is 14.7 Å². The summed E-state index contributed by atoms with van der Waals surface area (Å²) in [5.74, 6) is 0.632. The van der Waals surface area contributed by atoms with Gasteiger partial charge in [0.2, 0.25) is 0 Å². The van der Waals surface area contributed by atoms with Crippen LogP contribution in [0.5, 0.6) is 5.75 Å². The number of hydrogen-bond donors (Lipinski definition) is 1. The fourth-order valence-electron chi connectivity index (χ4n) is 4.60. The average Bonchev–Trinajstić information content (AvgIpc) is 3.41. The standard InChI is InChI=1S/C21H21F3N4O2S/c1-27-19-13(17(26-27)21(22,23)24)9-16(31-19)18(29)28-6-4-20(5-7-28)11-30-15-3-2-12(10-25)8-14(15)20/h2-3,8-9H,4-7,10-11,25H2,1H3. The van der Waals surface area contributed by atoms with Crippen molar-refractivity contribution in [2.75, 3.05) is 19.7 Å². The molecule has 0 unspecified atom stereocenters. The Morgan fingerprint density at radius 3 is 2.71 bits per heavy atom. The number of halogens is 3. The highest BCUT2D eigenvalue weighted by Crippen LogP contribution is 2.46. The lowest BCUT2D eigenvalue weighted by Gasteiger charge is -2.38. The molecule has 6 nitrogen and oxygen atoms in total. The molecule has 1 saturated heterocycles. The summed E-state index contributed by atoms with van der Waals surface area (Å²) in [4.78, 5) is 15.4. The molecule has 0 atom stereocenters. The molecule has 1 aromatic carbocycles. The molecule has 2 aliphatic heterocycles. The molecule has 0 bridgehead atoms. The van der Waals surface area contributed by atoms with Crippen LogP contribution in [0.2, 0.25) is 0 Å². The summed E-state index contributed by atoms with van der Waals surface area (Å²) in [5, 5.41) is 3.55. The van der Waals surface area contributed by atoms with Gasteiger partial charge in [-0.05, 0) is 30.5 Å². The first-order valence-electron chi connectivity index (χ1n) is 10.0. The molecule has 1 spiro atoms. The number of alkyl halides is 3. The summed E-state index contributed by atoms with van der Waals surface area (Å²) >= 11 is 1.05. The number of thiophene rings is 1. The zero-order valence-electron chi connectivity index (χ0n) is 16.8. The highest BCUT2D eigenvalue weighted by atomic mass is 32.1. The molecule has 1 amide bonds. The maximum absolute atomic E-state index is 13.3. The van der Waals surface area contributed by atoms with Gasteiger partial charge in [-0.2, -0.15) is 18.3 Å². The second kappa shape index (κ2) is 6.96. The first kappa shape index (κ1) is 20.3. The summed E-state index contributed by atoms with van der Waals surface area (Å²) in [7, 11) is 1.46. The average molecular weight is 450 g/mol. The van der Waals surface area contributed by atoms with Crippen molar-refractivity contribution in [1.29, 1.82) is 0 Å². The number of piperidine rings is 1. The normalized spacial score (nSPS) is 17.9. The van der Waals surface area contributed by atoms with Crippen molar-refractivity contribution in [2.45, 2.75) is 31.0 Å². The highest BCUT2D eigenvalue weighted by molar-refractivity contribution is 7.20. The summed E-state index contributed by atoms with van der Waals surface area (Å²) in [5.41, 5.74) is 6.88. The van der Waals surface area contributed by atoms with Gasteiger partial charge in [-0.25, -0.2) is 0 Å². The lowest BCUT2D eigenvalue weighted by molar-refractivity contribution is -0.140. The quantitative estimate of drug-likeness (QED) is 0.647. The summed E-state index contributed by atoms with van der Waals surface area (Å²) in [6, 6.07) is 7.33. The third-order valence-electron chi connectivity index (χ3n) is 6.35. The van der Waals surface area contributed by atoms with Crippen LogP contribution < -0.4 is 10.5 Å². The van der Waals surface area contributed by atoms with Crippen LogP contribution in [-0.4, -0.2) is 40.3 Å². The first-order valence-corrected chi connectivity index (χ1v) is 10.8. The van der Waals surface area contributed by atoms with Crippen LogP contribution in [0.4, 0.5) is 13.2 Å². The number of hydrogen-bond acceptors (Lipinski definition) is 5. The molecule has 2 aliphatic rings. The number of carbonyl (C=O) groups excluding carboxylic acids is 1. The lowest BCUT2D eigenvalue weighted by Crippen LogP contribution is -2.45. The van der Waals surface area contributed by atoms with E-state index in [-0.39, 0.29) is 16.7 Å². The third-order valence-corrected chi connectivity index (χ3v) is 7.54. The molecule has 0 radical (unpaired) electrons. The minimum absolute atomic E-state index is 0.0238. The molecule has 2 aromatic heterocycles. The van der Waals surface area contributed by atoms with E-state index in [1.54, 1.807) is 4.90 Å². The number of fused-ring (bicyclic) bond motifs is 3. The van der Waals surface area contributed by atoms with Gasteiger partial charge in [0.05, 0.1) is 11.5 Å². The number of amides is 1. The van der Waals surface area contributed by atoms with E-state index in [1.807, 2.05) is 12.1 Å². The Morgan fingerprint density at radius 1 is 1.29 bits per heavy atom. The van der Waals surface area contributed by atoms with E-state index < -0.39 is 11.9 Å². The Balaban J connectivity index is 1.37. The van der Waals surface area contributed by atoms with E-state index >= 15 is 0 Å². The van der Waals surface area contributed by atoms with E-state index in [0.717, 1.165) is 41.1 Å². The fourth-order valence-corrected chi connectivity index (χ4v) is 5.64. The molecule has 0 saturated carbocycles. The van der Waals surface area contributed by atoms with Crippen molar-refractivity contribution < 1.29 is 22.7 Å². The Kier molecular flexibility index (Phi) is 4.56. The minimum atomic E-state index is -4.56. The van der Waals surface area contributed by atoms with E-state index in [2.05, 4.69) is 11.2 Å². The number of benzene rings is 1. The van der Waals surface area contributed by atoms with Crippen LogP contribution in [0.1, 0.15) is 39.3 Å². The number of nitrogens with zero attached hydrogens (tertiary/aromatic N) is 3. The molecular weight excluding hydrogens is 429 g/mol. The number of nitrogens with two attached hydrogens (primary N) is 1. The van der Waals surface area contributed by atoms with Gasteiger partial charge in [-0.15, -0.1) is 11.3 Å². The summed E-state index contributed by atoms with van der Waals surface area (Å²) in [6.45, 7) is 2.07. The Morgan fingerprint density at radius 2 is 2.03 bits per heavy atom. The predicted molar refractivity (Wildman–Crippen MR) is 110 cm³/mol. The smallest absolute Gasteiger partial charge is 0.435 e. The lowest BCUT2D eigenvalue weighted by atomic mass is 9.74. The summed E-state index contributed by atoms with van der Waals surface area (Å²) in [6.07, 6.45) is -3.09. The predicted octanol–water partition coefficient (Wildman–Crippen LogP) is 3.68.